The maximum atomic E-state index is 14.1. The monoisotopic (exact) mass is 837 g/mol. The van der Waals surface area contributed by atoms with E-state index in [4.69, 9.17) is 11.5 Å². The maximum Gasteiger partial charge on any atom is 0.326 e. The average Bonchev–Trinajstić information content (AvgIpc) is 3.65. The van der Waals surface area contributed by atoms with Crippen LogP contribution in [0.2, 0.25) is 0 Å². The van der Waals surface area contributed by atoms with Crippen molar-refractivity contribution >= 4 is 47.3 Å². The highest BCUT2D eigenvalue weighted by molar-refractivity contribution is 5.97. The molecule has 1 heterocycles. The molecule has 1 aromatic heterocycles. The summed E-state index contributed by atoms with van der Waals surface area (Å²) in [4.78, 5) is 112. The Morgan fingerprint density at radius 2 is 1.17 bits per heavy atom. The van der Waals surface area contributed by atoms with Gasteiger partial charge in [0.25, 0.3) is 0 Å². The molecule has 0 saturated heterocycles. The van der Waals surface area contributed by atoms with Crippen molar-refractivity contribution < 1.29 is 48.6 Å². The lowest BCUT2D eigenvalue weighted by Gasteiger charge is -2.35. The zero-order valence-electron chi connectivity index (χ0n) is 36.2. The van der Waals surface area contributed by atoms with E-state index >= 15 is 0 Å². The number of amides is 7. The summed E-state index contributed by atoms with van der Waals surface area (Å²) in [5.41, 5.74) is 10.3. The van der Waals surface area contributed by atoms with Gasteiger partial charge >= 0.3 is 5.97 Å². The normalized spacial score (nSPS) is 16.9. The van der Waals surface area contributed by atoms with Crippen molar-refractivity contribution in [1.29, 1.82) is 0 Å². The zero-order valence-corrected chi connectivity index (χ0v) is 36.2. The summed E-state index contributed by atoms with van der Waals surface area (Å²) in [5, 5.41) is 35.8. The number of nitrogens with one attached hydrogen (secondary N) is 7. The molecule has 13 N–H and O–H groups in total. The SMILES string of the molecule is CC[C@H](C)[C@H](NC(=O)[C@@H](N)C(C)(C)C)C(=O)N[C@H](C(=O)N[C@H](C(=O)N[C@H](C(=O)N[C@@H](CCC(N)=O)C(=O)N[C@@H](Cc1cnc[nH]1)C(=O)O)[C@@H](C)O)[C@@H](C)CC)C(C)(C)C. The van der Waals surface area contributed by atoms with Gasteiger partial charge in [0.1, 0.15) is 36.3 Å². The molecule has 7 amide bonds. The number of carbonyl (C=O) groups is 8. The van der Waals surface area contributed by atoms with Crippen LogP contribution in [0.4, 0.5) is 0 Å². The van der Waals surface area contributed by atoms with Gasteiger partial charge in [0.2, 0.25) is 41.4 Å². The number of H-pyrrole nitrogens is 1. The summed E-state index contributed by atoms with van der Waals surface area (Å²) < 4.78 is 0. The third-order valence-corrected chi connectivity index (χ3v) is 10.2. The predicted molar refractivity (Wildman–Crippen MR) is 217 cm³/mol. The summed E-state index contributed by atoms with van der Waals surface area (Å²) in [6, 6.07) is -9.18. The molecule has 10 atom stereocenters. The number of hydrogen-bond donors (Lipinski definition) is 11. The lowest BCUT2D eigenvalue weighted by atomic mass is 9.84. The Morgan fingerprint density at radius 3 is 1.59 bits per heavy atom. The molecule has 20 heteroatoms. The lowest BCUT2D eigenvalue weighted by molar-refractivity contribution is -0.142. The number of nitrogens with two attached hydrogens (primary N) is 2. The van der Waals surface area contributed by atoms with Gasteiger partial charge in [0.05, 0.1) is 18.5 Å². The molecular weight excluding hydrogens is 768 g/mol. The van der Waals surface area contributed by atoms with Crippen LogP contribution in [-0.4, -0.2) is 116 Å². The molecule has 334 valence electrons. The number of carboxylic acid groups (broad SMARTS) is 1. The van der Waals surface area contributed by atoms with Gasteiger partial charge in [0, 0.05) is 24.7 Å². The summed E-state index contributed by atoms with van der Waals surface area (Å²) >= 11 is 0. The number of imidazole rings is 1. The summed E-state index contributed by atoms with van der Waals surface area (Å²) in [7, 11) is 0. The van der Waals surface area contributed by atoms with E-state index in [0.717, 1.165) is 0 Å². The standard InChI is InChI=1S/C39H68N10O10/c1-12-19(3)26(47-36(57)30(39(9,10)11)49-33(54)27(20(4)13-2)46-35(56)29(41)38(6,7)8)32(53)48-28(21(5)50)34(55)44-23(14-15-25(40)51)31(52)45-24(37(58)59)16-22-17-42-18-43-22/h17-21,23-24,26-30,50H,12-16,41H2,1-11H3,(H2,40,51)(H,42,43)(H,44,55)(H,45,52)(H,46,56)(H,47,57)(H,48,53)(H,49,54)(H,58,59)/t19-,20-,21+,23-,24-,26-,27-,28-,29+,30+/m0/s1. The van der Waals surface area contributed by atoms with Crippen LogP contribution in [0.3, 0.4) is 0 Å². The van der Waals surface area contributed by atoms with E-state index in [2.05, 4.69) is 41.9 Å². The fraction of sp³-hybridized carbons (Fsp3) is 0.718. The molecule has 0 fully saturated rings. The Balaban J connectivity index is 3.36. The smallest absolute Gasteiger partial charge is 0.326 e. The second kappa shape index (κ2) is 22.9. The number of aliphatic carboxylic acids is 1. The number of primary amides is 1. The van der Waals surface area contributed by atoms with Crippen molar-refractivity contribution in [2.24, 2.45) is 34.1 Å². The fourth-order valence-electron chi connectivity index (χ4n) is 5.74. The Bertz CT molecular complexity index is 1610. The minimum absolute atomic E-state index is 0.187. The molecule has 0 unspecified atom stereocenters. The number of nitrogens with zero attached hydrogens (tertiary/aromatic N) is 1. The van der Waals surface area contributed by atoms with E-state index in [1.807, 2.05) is 6.92 Å². The van der Waals surface area contributed by atoms with Crippen LogP contribution in [0.25, 0.3) is 0 Å². The summed E-state index contributed by atoms with van der Waals surface area (Å²) in [6.45, 7) is 18.8. The van der Waals surface area contributed by atoms with Crippen molar-refractivity contribution in [3.05, 3.63) is 18.2 Å². The van der Waals surface area contributed by atoms with Crippen LogP contribution in [0.15, 0.2) is 12.5 Å². The third-order valence-electron chi connectivity index (χ3n) is 10.2. The van der Waals surface area contributed by atoms with Gasteiger partial charge in [-0.1, -0.05) is 82.1 Å². The zero-order chi connectivity index (χ0) is 45.6. The number of aromatic amines is 1. The number of carbonyl (C=O) groups excluding carboxylic acids is 7. The summed E-state index contributed by atoms with van der Waals surface area (Å²) in [6.07, 6.45) is 1.10. The van der Waals surface area contributed by atoms with Gasteiger partial charge in [-0.25, -0.2) is 9.78 Å². The van der Waals surface area contributed by atoms with Crippen molar-refractivity contribution in [3.63, 3.8) is 0 Å². The molecular formula is C39H68N10O10. The molecule has 0 aliphatic rings. The molecule has 0 radical (unpaired) electrons. The highest BCUT2D eigenvalue weighted by Crippen LogP contribution is 2.22. The third kappa shape index (κ3) is 16.6. The number of aliphatic hydroxyl groups is 1. The van der Waals surface area contributed by atoms with Crippen molar-refractivity contribution in [1.82, 2.24) is 41.9 Å². The lowest BCUT2D eigenvalue weighted by Crippen LogP contribution is -2.64. The quantitative estimate of drug-likeness (QED) is 0.0639. The Kier molecular flexibility index (Phi) is 20.1. The van der Waals surface area contributed by atoms with E-state index in [0.29, 0.717) is 18.5 Å². The molecule has 0 spiro atoms. The molecule has 1 rings (SSSR count). The molecule has 20 nitrogen and oxygen atoms in total. The minimum atomic E-state index is -1.70. The Hall–Kier alpha value is -5.11. The first kappa shape index (κ1) is 51.9. The number of aromatic nitrogens is 2. The van der Waals surface area contributed by atoms with E-state index in [1.165, 1.54) is 19.4 Å². The van der Waals surface area contributed by atoms with Gasteiger partial charge in [-0.3, -0.25) is 33.6 Å². The van der Waals surface area contributed by atoms with E-state index < -0.39 is 112 Å². The molecule has 59 heavy (non-hydrogen) atoms. The second-order valence-corrected chi connectivity index (χ2v) is 17.4. The van der Waals surface area contributed by atoms with E-state index in [-0.39, 0.29) is 25.2 Å². The van der Waals surface area contributed by atoms with Crippen molar-refractivity contribution in [2.75, 3.05) is 0 Å². The highest BCUT2D eigenvalue weighted by Gasteiger charge is 2.40. The average molecular weight is 837 g/mol. The number of hydrogen-bond acceptors (Lipinski definition) is 11. The predicted octanol–water partition coefficient (Wildman–Crippen LogP) is -0.896. The summed E-state index contributed by atoms with van der Waals surface area (Å²) in [5.74, 6) is -7.92. The molecule has 0 saturated carbocycles. The van der Waals surface area contributed by atoms with E-state index in [1.54, 1.807) is 62.3 Å². The van der Waals surface area contributed by atoms with Gasteiger partial charge < -0.3 is 58.6 Å². The Labute approximate surface area is 346 Å². The topological polar surface area (TPSA) is 330 Å². The first-order valence-corrected chi connectivity index (χ1v) is 19.9. The largest absolute Gasteiger partial charge is 0.480 e. The van der Waals surface area contributed by atoms with Crippen LogP contribution in [-0.2, 0) is 44.8 Å². The Morgan fingerprint density at radius 1 is 0.695 bits per heavy atom. The van der Waals surface area contributed by atoms with Crippen LogP contribution in [0.5, 0.6) is 0 Å². The van der Waals surface area contributed by atoms with Crippen LogP contribution in [0.1, 0.15) is 108 Å². The number of rotatable bonds is 23. The number of aliphatic hydroxyl groups excluding tert-OH is 1. The van der Waals surface area contributed by atoms with Crippen LogP contribution >= 0.6 is 0 Å². The van der Waals surface area contributed by atoms with Crippen LogP contribution in [0, 0.1) is 22.7 Å². The van der Waals surface area contributed by atoms with Gasteiger partial charge in [-0.15, -0.1) is 0 Å². The van der Waals surface area contributed by atoms with Crippen molar-refractivity contribution in [2.45, 2.75) is 157 Å². The molecule has 1 aromatic rings. The number of carboxylic acids is 1. The van der Waals surface area contributed by atoms with Gasteiger partial charge in [-0.2, -0.15) is 0 Å². The molecule has 0 aromatic carbocycles. The molecule has 0 bridgehead atoms. The van der Waals surface area contributed by atoms with Gasteiger partial charge in [0.15, 0.2) is 0 Å². The molecule has 0 aliphatic carbocycles. The van der Waals surface area contributed by atoms with Gasteiger partial charge in [-0.05, 0) is 36.0 Å². The van der Waals surface area contributed by atoms with Crippen LogP contribution < -0.4 is 43.4 Å². The van der Waals surface area contributed by atoms with Crippen molar-refractivity contribution in [3.8, 4) is 0 Å². The maximum absolute atomic E-state index is 14.1. The highest BCUT2D eigenvalue weighted by atomic mass is 16.4. The van der Waals surface area contributed by atoms with E-state index in [9.17, 15) is 48.6 Å². The minimum Gasteiger partial charge on any atom is -0.480 e. The fourth-order valence-corrected chi connectivity index (χ4v) is 5.74. The first-order valence-electron chi connectivity index (χ1n) is 19.9. The molecule has 0 aliphatic heterocycles. The second-order valence-electron chi connectivity index (χ2n) is 17.4. The first-order chi connectivity index (χ1) is 27.2.